The molecule has 8 heteroatoms. The second-order valence-corrected chi connectivity index (χ2v) is 10.3. The van der Waals surface area contributed by atoms with Crippen LogP contribution in [0.3, 0.4) is 0 Å². The van der Waals surface area contributed by atoms with Crippen molar-refractivity contribution < 1.29 is 14.3 Å². The number of benzene rings is 2. The summed E-state index contributed by atoms with van der Waals surface area (Å²) in [6.45, 7) is 8.01. The van der Waals surface area contributed by atoms with E-state index in [0.717, 1.165) is 47.6 Å². The van der Waals surface area contributed by atoms with Gasteiger partial charge in [0.05, 0.1) is 11.0 Å². The van der Waals surface area contributed by atoms with Gasteiger partial charge in [-0.15, -0.1) is 0 Å². The summed E-state index contributed by atoms with van der Waals surface area (Å²) < 4.78 is 7.33. The fourth-order valence-electron chi connectivity index (χ4n) is 4.92. The van der Waals surface area contributed by atoms with Gasteiger partial charge < -0.3 is 24.0 Å². The number of likely N-dealkylation sites (N-methyl/N-ethyl adjacent to an activating group) is 1. The minimum atomic E-state index is 0.0167. The number of anilines is 1. The van der Waals surface area contributed by atoms with Gasteiger partial charge in [0.2, 0.25) is 11.8 Å². The SMILES string of the molecule is COCc1nc2ccccc2n1CC(=O)N1CCN(C)CCCN(C(=O)CC(C)C)c2ccccc2C1. The summed E-state index contributed by atoms with van der Waals surface area (Å²) in [5.41, 5.74) is 3.67. The minimum Gasteiger partial charge on any atom is -0.377 e. The normalized spacial score (nSPS) is 15.6. The van der Waals surface area contributed by atoms with E-state index >= 15 is 0 Å². The lowest BCUT2D eigenvalue weighted by Crippen LogP contribution is -2.39. The van der Waals surface area contributed by atoms with E-state index in [1.54, 1.807) is 7.11 Å². The smallest absolute Gasteiger partial charge is 0.242 e. The molecule has 0 N–H and O–H groups in total. The first kappa shape index (κ1) is 26.8. The Kier molecular flexibility index (Phi) is 8.95. The van der Waals surface area contributed by atoms with E-state index in [-0.39, 0.29) is 24.3 Å². The van der Waals surface area contributed by atoms with Crippen LogP contribution in [0.1, 0.15) is 38.1 Å². The van der Waals surface area contributed by atoms with Gasteiger partial charge in [-0.1, -0.05) is 44.2 Å². The topological polar surface area (TPSA) is 70.9 Å². The van der Waals surface area contributed by atoms with Gasteiger partial charge in [-0.25, -0.2) is 4.98 Å². The summed E-state index contributed by atoms with van der Waals surface area (Å²) in [5.74, 6) is 1.17. The van der Waals surface area contributed by atoms with Gasteiger partial charge in [0.1, 0.15) is 19.0 Å². The van der Waals surface area contributed by atoms with E-state index < -0.39 is 0 Å². The molecule has 0 atom stereocenters. The van der Waals surface area contributed by atoms with Gasteiger partial charge in [-0.05, 0) is 49.7 Å². The van der Waals surface area contributed by atoms with Crippen LogP contribution in [0.5, 0.6) is 0 Å². The molecule has 37 heavy (non-hydrogen) atoms. The van der Waals surface area contributed by atoms with Crippen molar-refractivity contribution in [1.29, 1.82) is 0 Å². The Morgan fingerprint density at radius 2 is 1.73 bits per heavy atom. The predicted octanol–water partition coefficient (Wildman–Crippen LogP) is 3.93. The highest BCUT2D eigenvalue weighted by atomic mass is 16.5. The number of imidazole rings is 1. The molecule has 198 valence electrons. The molecule has 2 aromatic carbocycles. The maximum Gasteiger partial charge on any atom is 0.242 e. The number of carbonyl (C=O) groups is 2. The van der Waals surface area contributed by atoms with E-state index in [2.05, 4.69) is 30.8 Å². The first-order valence-electron chi connectivity index (χ1n) is 13.1. The van der Waals surface area contributed by atoms with Crippen molar-refractivity contribution in [3.63, 3.8) is 0 Å². The van der Waals surface area contributed by atoms with Gasteiger partial charge >= 0.3 is 0 Å². The quantitative estimate of drug-likeness (QED) is 0.508. The van der Waals surface area contributed by atoms with Crippen LogP contribution in [0, 0.1) is 5.92 Å². The van der Waals surface area contributed by atoms with Crippen molar-refractivity contribution in [3.8, 4) is 0 Å². The number of rotatable bonds is 6. The zero-order valence-electron chi connectivity index (χ0n) is 22.5. The highest BCUT2D eigenvalue weighted by Crippen LogP contribution is 2.25. The van der Waals surface area contributed by atoms with Crippen molar-refractivity contribution in [2.24, 2.45) is 5.92 Å². The zero-order valence-corrected chi connectivity index (χ0v) is 22.5. The van der Waals surface area contributed by atoms with Crippen molar-refractivity contribution >= 4 is 28.5 Å². The van der Waals surface area contributed by atoms with Crippen molar-refractivity contribution in [3.05, 3.63) is 59.9 Å². The summed E-state index contributed by atoms with van der Waals surface area (Å²) in [6, 6.07) is 15.9. The van der Waals surface area contributed by atoms with Crippen LogP contribution in [-0.4, -0.2) is 71.5 Å². The molecule has 1 aliphatic heterocycles. The lowest BCUT2D eigenvalue weighted by Gasteiger charge is -2.28. The number of hydrogen-bond donors (Lipinski definition) is 0. The average molecular weight is 506 g/mol. The van der Waals surface area contributed by atoms with Crippen molar-refractivity contribution in [2.75, 3.05) is 45.2 Å². The molecule has 2 heterocycles. The van der Waals surface area contributed by atoms with Gasteiger partial charge in [0.15, 0.2) is 0 Å². The Balaban J connectivity index is 1.66. The molecule has 0 aliphatic carbocycles. The number of fused-ring (bicyclic) bond motifs is 2. The summed E-state index contributed by atoms with van der Waals surface area (Å²) in [6.07, 6.45) is 1.38. The Morgan fingerprint density at radius 1 is 0.973 bits per heavy atom. The second kappa shape index (κ2) is 12.3. The summed E-state index contributed by atoms with van der Waals surface area (Å²) in [5, 5.41) is 0. The number of nitrogens with zero attached hydrogens (tertiary/aromatic N) is 5. The van der Waals surface area contributed by atoms with E-state index in [9.17, 15) is 9.59 Å². The van der Waals surface area contributed by atoms with E-state index in [1.807, 2.05) is 62.9 Å². The highest BCUT2D eigenvalue weighted by molar-refractivity contribution is 5.94. The molecular formula is C29H39N5O3. The fourth-order valence-corrected chi connectivity index (χ4v) is 4.92. The largest absolute Gasteiger partial charge is 0.377 e. The number of para-hydroxylation sites is 3. The monoisotopic (exact) mass is 505 g/mol. The molecule has 0 saturated heterocycles. The average Bonchev–Trinajstić information content (AvgIpc) is 3.19. The third kappa shape index (κ3) is 6.56. The van der Waals surface area contributed by atoms with Gasteiger partial charge in [0, 0.05) is 45.4 Å². The van der Waals surface area contributed by atoms with Crippen LogP contribution in [-0.2, 0) is 34.0 Å². The summed E-state index contributed by atoms with van der Waals surface area (Å²) >= 11 is 0. The summed E-state index contributed by atoms with van der Waals surface area (Å²) in [7, 11) is 3.71. The molecule has 0 fully saturated rings. The van der Waals surface area contributed by atoms with Crippen LogP contribution in [0.4, 0.5) is 5.69 Å². The minimum absolute atomic E-state index is 0.0167. The third-order valence-corrected chi connectivity index (χ3v) is 6.85. The maximum atomic E-state index is 13.8. The molecule has 0 saturated carbocycles. The number of aromatic nitrogens is 2. The van der Waals surface area contributed by atoms with Gasteiger partial charge in [-0.2, -0.15) is 0 Å². The molecule has 3 aromatic rings. The van der Waals surface area contributed by atoms with E-state index in [0.29, 0.717) is 32.7 Å². The van der Waals surface area contributed by atoms with Crippen molar-refractivity contribution in [2.45, 2.75) is 46.4 Å². The maximum absolute atomic E-state index is 13.8. The molecule has 2 amide bonds. The van der Waals surface area contributed by atoms with Crippen LogP contribution < -0.4 is 4.90 Å². The van der Waals surface area contributed by atoms with Crippen LogP contribution in [0.25, 0.3) is 11.0 Å². The standard InChI is InChI=1S/C29H39N5O3/c1-22(2)18-28(35)33-15-9-14-31(3)16-17-32(19-23-10-5-7-12-25(23)33)29(36)20-34-26-13-8-6-11-24(26)30-27(34)21-37-4/h5-8,10-13,22H,9,14-21H2,1-4H3. The van der Waals surface area contributed by atoms with Crippen molar-refractivity contribution in [1.82, 2.24) is 19.4 Å². The number of ether oxygens (including phenoxy) is 1. The lowest BCUT2D eigenvalue weighted by atomic mass is 10.1. The number of amides is 2. The molecule has 4 rings (SSSR count). The zero-order chi connectivity index (χ0) is 26.4. The Labute approximate surface area is 219 Å². The Bertz CT molecular complexity index is 1220. The van der Waals surface area contributed by atoms with Gasteiger partial charge in [-0.3, -0.25) is 9.59 Å². The Hall–Kier alpha value is -3.23. The molecule has 1 aliphatic rings. The van der Waals surface area contributed by atoms with Crippen LogP contribution in [0.15, 0.2) is 48.5 Å². The van der Waals surface area contributed by atoms with Crippen LogP contribution >= 0.6 is 0 Å². The number of methoxy groups -OCH3 is 1. The molecule has 8 nitrogen and oxygen atoms in total. The first-order valence-corrected chi connectivity index (χ1v) is 13.1. The first-order chi connectivity index (χ1) is 17.9. The van der Waals surface area contributed by atoms with Crippen LogP contribution in [0.2, 0.25) is 0 Å². The Morgan fingerprint density at radius 3 is 2.51 bits per heavy atom. The van der Waals surface area contributed by atoms with E-state index in [4.69, 9.17) is 4.74 Å². The number of carbonyl (C=O) groups excluding carboxylic acids is 2. The van der Waals surface area contributed by atoms with E-state index in [1.165, 1.54) is 0 Å². The predicted molar refractivity (Wildman–Crippen MR) is 146 cm³/mol. The molecule has 0 unspecified atom stereocenters. The van der Waals surface area contributed by atoms with Gasteiger partial charge in [0.25, 0.3) is 0 Å². The molecular weight excluding hydrogens is 466 g/mol. The molecule has 0 bridgehead atoms. The number of hydrogen-bond acceptors (Lipinski definition) is 5. The highest BCUT2D eigenvalue weighted by Gasteiger charge is 2.24. The molecule has 0 radical (unpaired) electrons. The molecule has 0 spiro atoms. The second-order valence-electron chi connectivity index (χ2n) is 10.3. The lowest BCUT2D eigenvalue weighted by molar-refractivity contribution is -0.132. The molecule has 1 aromatic heterocycles. The summed E-state index contributed by atoms with van der Waals surface area (Å²) in [4.78, 5) is 37.9. The fraction of sp³-hybridized carbons (Fsp3) is 0.483. The third-order valence-electron chi connectivity index (χ3n) is 6.85.